The Morgan fingerprint density at radius 2 is 1.73 bits per heavy atom. The van der Waals surface area contributed by atoms with Crippen molar-refractivity contribution in [2.75, 3.05) is 60.5 Å². The number of benzene rings is 2. The zero-order valence-electron chi connectivity index (χ0n) is 24.7. The summed E-state index contributed by atoms with van der Waals surface area (Å²) in [6.07, 6.45) is 4.17. The first kappa shape index (κ1) is 30.8. The molecule has 11 heteroatoms. The number of nitrogens with one attached hydrogen (secondary N) is 1. The first-order chi connectivity index (χ1) is 19.5. The van der Waals surface area contributed by atoms with Crippen molar-refractivity contribution in [1.82, 2.24) is 19.4 Å². The maximum atomic E-state index is 13.2. The molecular weight excluding hydrogens is 544 g/mol. The lowest BCUT2D eigenvalue weighted by Crippen LogP contribution is -2.43. The molecule has 4 rings (SSSR count). The summed E-state index contributed by atoms with van der Waals surface area (Å²) in [5.74, 6) is 0.621. The summed E-state index contributed by atoms with van der Waals surface area (Å²) >= 11 is 0. The highest BCUT2D eigenvalue weighted by Gasteiger charge is 2.30. The number of hydrogen-bond donors (Lipinski definition) is 1. The van der Waals surface area contributed by atoms with Gasteiger partial charge in [-0.3, -0.25) is 14.5 Å². The molecule has 1 atom stereocenters. The molecule has 41 heavy (non-hydrogen) atoms. The highest BCUT2D eigenvalue weighted by atomic mass is 32.2. The van der Waals surface area contributed by atoms with E-state index in [0.717, 1.165) is 48.1 Å². The molecule has 0 saturated carbocycles. The van der Waals surface area contributed by atoms with Crippen LogP contribution in [0.5, 0.6) is 11.5 Å². The number of carbonyl (C=O) groups is 2. The second-order valence-corrected chi connectivity index (χ2v) is 12.9. The van der Waals surface area contributed by atoms with Crippen LogP contribution in [-0.4, -0.2) is 94.9 Å². The van der Waals surface area contributed by atoms with Gasteiger partial charge in [0.25, 0.3) is 0 Å². The van der Waals surface area contributed by atoms with Crippen LogP contribution in [0.15, 0.2) is 35.2 Å². The number of rotatable bonds is 12. The predicted octanol–water partition coefficient (Wildman–Crippen LogP) is 2.67. The average Bonchev–Trinajstić information content (AvgIpc) is 3.60. The zero-order valence-corrected chi connectivity index (χ0v) is 25.6. The fraction of sp³-hybridized carbons (Fsp3) is 0.533. The number of ether oxygens (including phenoxy) is 2. The molecule has 2 aliphatic rings. The van der Waals surface area contributed by atoms with Crippen molar-refractivity contribution in [1.29, 1.82) is 0 Å². The van der Waals surface area contributed by atoms with E-state index in [2.05, 4.69) is 16.3 Å². The molecule has 1 heterocycles. The van der Waals surface area contributed by atoms with Crippen molar-refractivity contribution in [2.24, 2.45) is 0 Å². The van der Waals surface area contributed by atoms with Gasteiger partial charge in [0.2, 0.25) is 21.8 Å². The predicted molar refractivity (Wildman–Crippen MR) is 157 cm³/mol. The Bertz CT molecular complexity index is 1350. The van der Waals surface area contributed by atoms with Crippen LogP contribution in [0.3, 0.4) is 0 Å². The summed E-state index contributed by atoms with van der Waals surface area (Å²) in [6.45, 7) is 6.65. The SMILES string of the molecule is COc1cc(C)c(S(=O)(=O)N(C)CC(=O)NCC(=O)N(C)C2CCc3cc(OCCN4CCCC4)ccc32)c(C)c1. The molecule has 2 aromatic carbocycles. The Labute approximate surface area is 243 Å². The number of carbonyl (C=O) groups excluding carboxylic acids is 2. The largest absolute Gasteiger partial charge is 0.497 e. The van der Waals surface area contributed by atoms with Crippen LogP contribution in [0.4, 0.5) is 0 Å². The summed E-state index contributed by atoms with van der Waals surface area (Å²) in [4.78, 5) is 29.8. The normalized spacial score (nSPS) is 17.0. The van der Waals surface area contributed by atoms with Gasteiger partial charge in [-0.1, -0.05) is 6.07 Å². The molecule has 1 saturated heterocycles. The van der Waals surface area contributed by atoms with Crippen molar-refractivity contribution < 1.29 is 27.5 Å². The number of fused-ring (bicyclic) bond motifs is 1. The van der Waals surface area contributed by atoms with E-state index in [0.29, 0.717) is 23.5 Å². The minimum absolute atomic E-state index is 0.0860. The molecule has 1 aliphatic heterocycles. The monoisotopic (exact) mass is 586 g/mol. The number of nitrogens with zero attached hydrogens (tertiary/aromatic N) is 3. The molecule has 2 amide bonds. The third-order valence-electron chi connectivity index (χ3n) is 8.04. The number of sulfonamides is 1. The molecule has 1 fully saturated rings. The first-order valence-electron chi connectivity index (χ1n) is 14.1. The minimum Gasteiger partial charge on any atom is -0.497 e. The summed E-state index contributed by atoms with van der Waals surface area (Å²) < 4.78 is 38.6. The smallest absolute Gasteiger partial charge is 0.243 e. The van der Waals surface area contributed by atoms with E-state index < -0.39 is 22.5 Å². The van der Waals surface area contributed by atoms with E-state index in [1.54, 1.807) is 37.9 Å². The fourth-order valence-corrected chi connectivity index (χ4v) is 7.30. The Kier molecular flexibility index (Phi) is 9.93. The summed E-state index contributed by atoms with van der Waals surface area (Å²) in [5, 5.41) is 2.59. The molecule has 0 aromatic heterocycles. The molecule has 1 aliphatic carbocycles. The van der Waals surface area contributed by atoms with Gasteiger partial charge in [0.05, 0.1) is 31.1 Å². The van der Waals surface area contributed by atoms with Crippen molar-refractivity contribution in [3.05, 3.63) is 52.6 Å². The van der Waals surface area contributed by atoms with Gasteiger partial charge in [-0.05, 0) is 99.1 Å². The summed E-state index contributed by atoms with van der Waals surface area (Å²) in [6, 6.07) is 9.27. The molecule has 2 aromatic rings. The lowest BCUT2D eigenvalue weighted by atomic mass is 10.1. The maximum Gasteiger partial charge on any atom is 0.243 e. The number of likely N-dealkylation sites (N-methyl/N-ethyl adjacent to an activating group) is 2. The molecule has 0 bridgehead atoms. The van der Waals surface area contributed by atoms with Crippen LogP contribution < -0.4 is 14.8 Å². The van der Waals surface area contributed by atoms with Crippen LogP contribution in [0.1, 0.15) is 47.6 Å². The van der Waals surface area contributed by atoms with Crippen molar-refractivity contribution in [3.63, 3.8) is 0 Å². The topological polar surface area (TPSA) is 108 Å². The quantitative estimate of drug-likeness (QED) is 0.407. The van der Waals surface area contributed by atoms with Gasteiger partial charge in [-0.2, -0.15) is 4.31 Å². The Morgan fingerprint density at radius 3 is 2.39 bits per heavy atom. The average molecular weight is 587 g/mol. The zero-order chi connectivity index (χ0) is 29.7. The molecular formula is C30H42N4O6S. The van der Waals surface area contributed by atoms with Gasteiger partial charge in [-0.15, -0.1) is 0 Å². The van der Waals surface area contributed by atoms with Crippen molar-refractivity contribution in [3.8, 4) is 11.5 Å². The van der Waals surface area contributed by atoms with E-state index in [1.165, 1.54) is 32.6 Å². The van der Waals surface area contributed by atoms with Crippen LogP contribution in [0, 0.1) is 13.8 Å². The van der Waals surface area contributed by atoms with E-state index in [-0.39, 0.29) is 23.4 Å². The second kappa shape index (κ2) is 13.2. The number of amides is 2. The van der Waals surface area contributed by atoms with Crippen LogP contribution in [0.25, 0.3) is 0 Å². The number of hydrogen-bond acceptors (Lipinski definition) is 7. The van der Waals surface area contributed by atoms with Gasteiger partial charge in [0.15, 0.2) is 0 Å². The van der Waals surface area contributed by atoms with Gasteiger partial charge in [0, 0.05) is 20.6 Å². The minimum atomic E-state index is -3.93. The van der Waals surface area contributed by atoms with E-state index in [4.69, 9.17) is 9.47 Å². The van der Waals surface area contributed by atoms with E-state index in [9.17, 15) is 18.0 Å². The standard InChI is InChI=1S/C30H42N4O6S/c1-21-16-25(39-5)17-22(2)30(21)41(37,38)32(3)20-28(35)31-19-29(36)33(4)27-11-8-23-18-24(9-10-26(23)27)40-15-14-34-12-6-7-13-34/h9-10,16-18,27H,6-8,11-15,19-20H2,1-5H3,(H,31,35). The molecule has 0 spiro atoms. The Hall–Kier alpha value is -3.15. The van der Waals surface area contributed by atoms with Crippen LogP contribution >= 0.6 is 0 Å². The highest BCUT2D eigenvalue weighted by Crippen LogP contribution is 2.37. The lowest BCUT2D eigenvalue weighted by molar-refractivity contribution is -0.133. The van der Waals surface area contributed by atoms with E-state index in [1.807, 2.05) is 12.1 Å². The van der Waals surface area contributed by atoms with Gasteiger partial charge in [0.1, 0.15) is 18.1 Å². The lowest BCUT2D eigenvalue weighted by Gasteiger charge is -2.26. The molecule has 224 valence electrons. The van der Waals surface area contributed by atoms with Crippen molar-refractivity contribution in [2.45, 2.75) is 50.5 Å². The number of likely N-dealkylation sites (tertiary alicyclic amines) is 1. The summed E-state index contributed by atoms with van der Waals surface area (Å²) in [5.41, 5.74) is 3.33. The molecule has 10 nitrogen and oxygen atoms in total. The Morgan fingerprint density at radius 1 is 1.05 bits per heavy atom. The number of aryl methyl sites for hydroxylation is 3. The third-order valence-corrected chi connectivity index (χ3v) is 10.1. The van der Waals surface area contributed by atoms with Crippen molar-refractivity contribution >= 4 is 21.8 Å². The van der Waals surface area contributed by atoms with Crippen LogP contribution in [-0.2, 0) is 26.0 Å². The maximum absolute atomic E-state index is 13.2. The first-order valence-corrected chi connectivity index (χ1v) is 15.6. The third kappa shape index (κ3) is 7.20. The van der Waals surface area contributed by atoms with Crippen LogP contribution in [0.2, 0.25) is 0 Å². The highest BCUT2D eigenvalue weighted by molar-refractivity contribution is 7.89. The van der Waals surface area contributed by atoms with Gasteiger partial charge in [-0.25, -0.2) is 8.42 Å². The van der Waals surface area contributed by atoms with Gasteiger partial charge < -0.3 is 19.7 Å². The summed E-state index contributed by atoms with van der Waals surface area (Å²) in [7, 11) is 0.682. The van der Waals surface area contributed by atoms with E-state index >= 15 is 0 Å². The van der Waals surface area contributed by atoms with Gasteiger partial charge >= 0.3 is 0 Å². The molecule has 1 unspecified atom stereocenters. The number of methoxy groups -OCH3 is 1. The fourth-order valence-electron chi connectivity index (χ4n) is 5.77. The second-order valence-electron chi connectivity index (χ2n) is 10.9. The molecule has 0 radical (unpaired) electrons. The molecule has 1 N–H and O–H groups in total. The Balaban J connectivity index is 1.28.